The van der Waals surface area contributed by atoms with Crippen molar-refractivity contribution in [2.24, 2.45) is 17.6 Å². The van der Waals surface area contributed by atoms with Crippen molar-refractivity contribution < 1.29 is 4.79 Å². The first-order valence-corrected chi connectivity index (χ1v) is 7.23. The molecule has 4 unspecified atom stereocenters. The highest BCUT2D eigenvalue weighted by Gasteiger charge is 2.38. The molecule has 0 aromatic rings. The van der Waals surface area contributed by atoms with E-state index in [0.717, 1.165) is 18.3 Å². The number of nitrogens with one attached hydrogen (secondary N) is 1. The Morgan fingerprint density at radius 1 is 1.35 bits per heavy atom. The third kappa shape index (κ3) is 3.44. The van der Waals surface area contributed by atoms with Crippen LogP contribution in [0.15, 0.2) is 0 Å². The van der Waals surface area contributed by atoms with Crippen LogP contribution in [0, 0.1) is 11.8 Å². The molecule has 1 aliphatic heterocycles. The summed E-state index contributed by atoms with van der Waals surface area (Å²) in [6, 6.07) is 1.02. The minimum atomic E-state index is -0.163. The molecular weight excluding hydrogens is 212 g/mol. The van der Waals surface area contributed by atoms with Crippen LogP contribution in [-0.2, 0) is 4.79 Å². The highest BCUT2D eigenvalue weighted by molar-refractivity contribution is 5.74. The molecule has 0 radical (unpaired) electrons. The van der Waals surface area contributed by atoms with E-state index >= 15 is 0 Å². The molecule has 3 heteroatoms. The van der Waals surface area contributed by atoms with Crippen LogP contribution in [-0.4, -0.2) is 18.0 Å². The monoisotopic (exact) mass is 238 g/mol. The second-order valence-electron chi connectivity index (χ2n) is 5.96. The Labute approximate surface area is 105 Å². The van der Waals surface area contributed by atoms with Crippen LogP contribution in [0.5, 0.6) is 0 Å². The quantitative estimate of drug-likeness (QED) is 0.771. The first-order chi connectivity index (χ1) is 8.19. The van der Waals surface area contributed by atoms with Crippen LogP contribution in [0.4, 0.5) is 0 Å². The summed E-state index contributed by atoms with van der Waals surface area (Å²) < 4.78 is 0. The molecular formula is C14H26N2O. The van der Waals surface area contributed by atoms with Gasteiger partial charge in [0.2, 0.25) is 5.91 Å². The molecule has 0 aromatic carbocycles. The lowest BCUT2D eigenvalue weighted by atomic mass is 9.76. The van der Waals surface area contributed by atoms with E-state index in [1.165, 1.54) is 38.5 Å². The van der Waals surface area contributed by atoms with Gasteiger partial charge in [0, 0.05) is 18.5 Å². The number of carbonyl (C=O) groups is 1. The van der Waals surface area contributed by atoms with E-state index in [2.05, 4.69) is 12.2 Å². The van der Waals surface area contributed by atoms with Gasteiger partial charge in [0.05, 0.1) is 0 Å². The maximum absolute atomic E-state index is 10.9. The van der Waals surface area contributed by atoms with E-state index in [4.69, 9.17) is 5.73 Å². The Kier molecular flexibility index (Phi) is 4.43. The molecule has 1 amide bonds. The number of rotatable bonds is 5. The van der Waals surface area contributed by atoms with E-state index in [1.54, 1.807) is 0 Å². The lowest BCUT2D eigenvalue weighted by Gasteiger charge is -2.31. The number of nitrogens with two attached hydrogens (primary N) is 1. The Morgan fingerprint density at radius 2 is 2.18 bits per heavy atom. The summed E-state index contributed by atoms with van der Waals surface area (Å²) in [7, 11) is 0. The molecule has 4 atom stereocenters. The Bertz CT molecular complexity index is 267. The van der Waals surface area contributed by atoms with E-state index in [-0.39, 0.29) is 5.91 Å². The number of hydrogen-bond acceptors (Lipinski definition) is 2. The predicted octanol–water partition coefficient (Wildman–Crippen LogP) is 2.20. The maximum Gasteiger partial charge on any atom is 0.218 e. The van der Waals surface area contributed by atoms with Crippen molar-refractivity contribution in [1.29, 1.82) is 0 Å². The molecule has 1 aliphatic carbocycles. The van der Waals surface area contributed by atoms with E-state index in [1.807, 2.05) is 0 Å². The van der Waals surface area contributed by atoms with E-state index < -0.39 is 0 Å². The summed E-state index contributed by atoms with van der Waals surface area (Å²) in [5, 5.41) is 3.60. The Morgan fingerprint density at radius 3 is 2.88 bits per heavy atom. The summed E-state index contributed by atoms with van der Waals surface area (Å²) in [5.74, 6) is 1.57. The molecule has 1 heterocycles. The fourth-order valence-corrected chi connectivity index (χ4v) is 3.72. The molecule has 0 aromatic heterocycles. The number of primary amides is 1. The number of unbranched alkanes of at least 4 members (excludes halogenated alkanes) is 1. The van der Waals surface area contributed by atoms with Crippen LogP contribution < -0.4 is 11.1 Å². The molecule has 0 bridgehead atoms. The molecule has 1 saturated heterocycles. The van der Waals surface area contributed by atoms with Gasteiger partial charge in [0.15, 0.2) is 0 Å². The first kappa shape index (κ1) is 12.9. The Hall–Kier alpha value is -0.570. The van der Waals surface area contributed by atoms with Crippen molar-refractivity contribution in [3.8, 4) is 0 Å². The van der Waals surface area contributed by atoms with Gasteiger partial charge in [-0.3, -0.25) is 4.79 Å². The Balaban J connectivity index is 1.79. The summed E-state index contributed by atoms with van der Waals surface area (Å²) >= 11 is 0. The molecule has 2 fully saturated rings. The molecule has 3 nitrogen and oxygen atoms in total. The topological polar surface area (TPSA) is 55.1 Å². The SMILES string of the molecule is CCCCC1CCC2NC(CC(N)=O)CC2C1. The summed E-state index contributed by atoms with van der Waals surface area (Å²) in [6.45, 7) is 2.27. The number of hydrogen-bond donors (Lipinski definition) is 2. The van der Waals surface area contributed by atoms with E-state index in [0.29, 0.717) is 18.5 Å². The highest BCUT2D eigenvalue weighted by atomic mass is 16.1. The fraction of sp³-hybridized carbons (Fsp3) is 0.929. The molecule has 98 valence electrons. The summed E-state index contributed by atoms with van der Waals surface area (Å²) in [5.41, 5.74) is 5.28. The normalized spacial score (nSPS) is 36.8. The molecule has 3 N–H and O–H groups in total. The standard InChI is InChI=1S/C14H26N2O/c1-2-3-4-10-5-6-13-11(7-10)8-12(16-13)9-14(15)17/h10-13,16H,2-9H2,1H3,(H2,15,17). The second kappa shape index (κ2) is 5.85. The average molecular weight is 238 g/mol. The van der Waals surface area contributed by atoms with Gasteiger partial charge >= 0.3 is 0 Å². The third-order valence-electron chi connectivity index (χ3n) is 4.54. The lowest BCUT2D eigenvalue weighted by Crippen LogP contribution is -2.36. The van der Waals surface area contributed by atoms with Gasteiger partial charge in [0.1, 0.15) is 0 Å². The zero-order valence-corrected chi connectivity index (χ0v) is 11.0. The van der Waals surface area contributed by atoms with Crippen molar-refractivity contribution in [2.45, 2.75) is 70.4 Å². The zero-order valence-electron chi connectivity index (χ0n) is 11.0. The number of fused-ring (bicyclic) bond motifs is 1. The minimum Gasteiger partial charge on any atom is -0.370 e. The van der Waals surface area contributed by atoms with Crippen LogP contribution in [0.3, 0.4) is 0 Å². The van der Waals surface area contributed by atoms with Crippen molar-refractivity contribution in [2.75, 3.05) is 0 Å². The van der Waals surface area contributed by atoms with Gasteiger partial charge in [-0.2, -0.15) is 0 Å². The van der Waals surface area contributed by atoms with Gasteiger partial charge in [-0.1, -0.05) is 26.2 Å². The smallest absolute Gasteiger partial charge is 0.218 e. The van der Waals surface area contributed by atoms with Crippen LogP contribution in [0.2, 0.25) is 0 Å². The fourth-order valence-electron chi connectivity index (χ4n) is 3.72. The average Bonchev–Trinajstić information content (AvgIpc) is 2.66. The second-order valence-corrected chi connectivity index (χ2v) is 5.96. The molecule has 1 saturated carbocycles. The van der Waals surface area contributed by atoms with Crippen molar-refractivity contribution >= 4 is 5.91 Å². The van der Waals surface area contributed by atoms with Crippen LogP contribution in [0.25, 0.3) is 0 Å². The van der Waals surface area contributed by atoms with Crippen LogP contribution in [0.1, 0.15) is 58.3 Å². The summed E-state index contributed by atoms with van der Waals surface area (Å²) in [4.78, 5) is 10.9. The van der Waals surface area contributed by atoms with Crippen molar-refractivity contribution in [3.05, 3.63) is 0 Å². The van der Waals surface area contributed by atoms with Gasteiger partial charge in [-0.25, -0.2) is 0 Å². The molecule has 2 aliphatic rings. The zero-order chi connectivity index (χ0) is 12.3. The molecule has 0 spiro atoms. The summed E-state index contributed by atoms with van der Waals surface area (Å²) in [6.07, 6.45) is 9.81. The lowest BCUT2D eigenvalue weighted by molar-refractivity contribution is -0.118. The first-order valence-electron chi connectivity index (χ1n) is 7.23. The molecule has 2 rings (SSSR count). The van der Waals surface area contributed by atoms with Gasteiger partial charge < -0.3 is 11.1 Å². The van der Waals surface area contributed by atoms with Crippen LogP contribution >= 0.6 is 0 Å². The molecule has 17 heavy (non-hydrogen) atoms. The van der Waals surface area contributed by atoms with Crippen molar-refractivity contribution in [1.82, 2.24) is 5.32 Å². The van der Waals surface area contributed by atoms with E-state index in [9.17, 15) is 4.79 Å². The van der Waals surface area contributed by atoms with Gasteiger partial charge in [-0.05, 0) is 37.5 Å². The number of amides is 1. The third-order valence-corrected chi connectivity index (χ3v) is 4.54. The maximum atomic E-state index is 10.9. The highest BCUT2D eigenvalue weighted by Crippen LogP contribution is 2.38. The van der Waals surface area contributed by atoms with Gasteiger partial charge in [0.25, 0.3) is 0 Å². The van der Waals surface area contributed by atoms with Crippen molar-refractivity contribution in [3.63, 3.8) is 0 Å². The van der Waals surface area contributed by atoms with Gasteiger partial charge in [-0.15, -0.1) is 0 Å². The largest absolute Gasteiger partial charge is 0.370 e. The predicted molar refractivity (Wildman–Crippen MR) is 69.5 cm³/mol. The minimum absolute atomic E-state index is 0.163. The number of carbonyl (C=O) groups excluding carboxylic acids is 1.